The van der Waals surface area contributed by atoms with Crippen LogP contribution in [0.4, 0.5) is 0 Å². The van der Waals surface area contributed by atoms with Crippen LogP contribution in [0.3, 0.4) is 0 Å². The van der Waals surface area contributed by atoms with Gasteiger partial charge in [-0.2, -0.15) is 0 Å². The van der Waals surface area contributed by atoms with Crippen molar-refractivity contribution >= 4 is 5.91 Å². The number of nitrogens with two attached hydrogens (primary N) is 1. The summed E-state index contributed by atoms with van der Waals surface area (Å²) in [5.74, 6) is -0.138. The van der Waals surface area contributed by atoms with Crippen LogP contribution in [0.25, 0.3) is 0 Å². The Balaban J connectivity index is 2.42. The van der Waals surface area contributed by atoms with Gasteiger partial charge in [-0.25, -0.2) is 0 Å². The molecule has 3 nitrogen and oxygen atoms in total. The molecule has 0 radical (unpaired) electrons. The fourth-order valence-corrected chi connectivity index (χ4v) is 1.31. The van der Waals surface area contributed by atoms with Gasteiger partial charge in [-0.3, -0.25) is 4.79 Å². The van der Waals surface area contributed by atoms with Gasteiger partial charge in [-0.05, 0) is 18.9 Å². The van der Waals surface area contributed by atoms with E-state index in [1.807, 2.05) is 31.2 Å². The largest absolute Gasteiger partial charge is 0.351 e. The molecule has 1 aromatic carbocycles. The molecular formula is C13H18N2O. The van der Waals surface area contributed by atoms with E-state index in [0.717, 1.165) is 5.56 Å². The summed E-state index contributed by atoms with van der Waals surface area (Å²) in [6.07, 6.45) is 2.15. The number of rotatable bonds is 5. The molecule has 0 heterocycles. The summed E-state index contributed by atoms with van der Waals surface area (Å²) in [4.78, 5) is 11.5. The average molecular weight is 218 g/mol. The lowest BCUT2D eigenvalue weighted by atomic mass is 10.1. The third-order valence-corrected chi connectivity index (χ3v) is 2.34. The van der Waals surface area contributed by atoms with Gasteiger partial charge >= 0.3 is 0 Å². The average Bonchev–Trinajstić information content (AvgIpc) is 2.28. The van der Waals surface area contributed by atoms with Crippen LogP contribution >= 0.6 is 0 Å². The van der Waals surface area contributed by atoms with Crippen LogP contribution in [0, 0.1) is 6.92 Å². The fraction of sp³-hybridized carbons (Fsp3) is 0.308. The lowest BCUT2D eigenvalue weighted by molar-refractivity contribution is -0.122. The Morgan fingerprint density at radius 2 is 2.12 bits per heavy atom. The second-order valence-corrected chi connectivity index (χ2v) is 3.83. The van der Waals surface area contributed by atoms with Crippen molar-refractivity contribution in [3.8, 4) is 0 Å². The van der Waals surface area contributed by atoms with Gasteiger partial charge in [0.25, 0.3) is 0 Å². The number of nitrogens with one attached hydrogen (secondary N) is 1. The summed E-state index contributed by atoms with van der Waals surface area (Å²) in [7, 11) is 0. The molecule has 0 saturated carbocycles. The molecule has 1 unspecified atom stereocenters. The molecule has 0 aliphatic carbocycles. The zero-order chi connectivity index (χ0) is 12.0. The summed E-state index contributed by atoms with van der Waals surface area (Å²) in [5.41, 5.74) is 7.91. The summed E-state index contributed by atoms with van der Waals surface area (Å²) in [6.45, 7) is 6.10. The Hall–Kier alpha value is -1.61. The van der Waals surface area contributed by atoms with Crippen molar-refractivity contribution in [3.05, 3.63) is 48.0 Å². The van der Waals surface area contributed by atoms with E-state index < -0.39 is 6.04 Å². The van der Waals surface area contributed by atoms with Gasteiger partial charge in [0.1, 0.15) is 0 Å². The molecule has 16 heavy (non-hydrogen) atoms. The van der Waals surface area contributed by atoms with E-state index in [-0.39, 0.29) is 5.91 Å². The minimum atomic E-state index is -0.497. The SMILES string of the molecule is C=CCC(N)C(=O)NCc1ccc(C)cc1. The topological polar surface area (TPSA) is 55.1 Å². The Bertz CT molecular complexity index is 357. The highest BCUT2D eigenvalue weighted by atomic mass is 16.2. The third-order valence-electron chi connectivity index (χ3n) is 2.34. The molecule has 0 aliphatic rings. The van der Waals surface area contributed by atoms with E-state index in [0.29, 0.717) is 13.0 Å². The second kappa shape index (κ2) is 6.08. The maximum absolute atomic E-state index is 11.5. The van der Waals surface area contributed by atoms with Crippen LogP contribution in [0.5, 0.6) is 0 Å². The highest BCUT2D eigenvalue weighted by Crippen LogP contribution is 2.02. The van der Waals surface area contributed by atoms with E-state index in [1.165, 1.54) is 5.56 Å². The maximum Gasteiger partial charge on any atom is 0.237 e. The molecule has 1 amide bonds. The predicted octanol–water partition coefficient (Wildman–Crippen LogP) is 1.51. The number of hydrogen-bond donors (Lipinski definition) is 2. The first kappa shape index (κ1) is 12.5. The molecule has 86 valence electrons. The molecule has 0 aromatic heterocycles. The second-order valence-electron chi connectivity index (χ2n) is 3.83. The molecule has 0 spiro atoms. The molecule has 0 aliphatic heterocycles. The minimum absolute atomic E-state index is 0.138. The van der Waals surface area contributed by atoms with Crippen molar-refractivity contribution in [2.75, 3.05) is 0 Å². The van der Waals surface area contributed by atoms with Crippen LogP contribution < -0.4 is 11.1 Å². The summed E-state index contributed by atoms with van der Waals surface area (Å²) in [5, 5.41) is 2.79. The number of carbonyl (C=O) groups excluding carboxylic acids is 1. The summed E-state index contributed by atoms with van der Waals surface area (Å²) < 4.78 is 0. The Labute approximate surface area is 96.3 Å². The van der Waals surface area contributed by atoms with Crippen molar-refractivity contribution < 1.29 is 4.79 Å². The molecule has 3 N–H and O–H groups in total. The highest BCUT2D eigenvalue weighted by Gasteiger charge is 2.10. The number of carbonyl (C=O) groups is 1. The Morgan fingerprint density at radius 1 is 1.50 bits per heavy atom. The van der Waals surface area contributed by atoms with Gasteiger partial charge in [-0.1, -0.05) is 35.9 Å². The van der Waals surface area contributed by atoms with Gasteiger partial charge in [0.2, 0.25) is 5.91 Å². The van der Waals surface area contributed by atoms with Crippen molar-refractivity contribution in [2.24, 2.45) is 5.73 Å². The normalized spacial score (nSPS) is 11.9. The van der Waals surface area contributed by atoms with Crippen molar-refractivity contribution in [1.82, 2.24) is 5.32 Å². The highest BCUT2D eigenvalue weighted by molar-refractivity contribution is 5.81. The van der Waals surface area contributed by atoms with Gasteiger partial charge in [0.15, 0.2) is 0 Å². The van der Waals surface area contributed by atoms with Crippen LogP contribution in [-0.2, 0) is 11.3 Å². The van der Waals surface area contributed by atoms with Gasteiger partial charge in [0.05, 0.1) is 6.04 Å². The van der Waals surface area contributed by atoms with Crippen molar-refractivity contribution in [3.63, 3.8) is 0 Å². The van der Waals surface area contributed by atoms with E-state index in [4.69, 9.17) is 5.73 Å². The van der Waals surface area contributed by atoms with Crippen LogP contribution in [0.1, 0.15) is 17.5 Å². The lowest BCUT2D eigenvalue weighted by Crippen LogP contribution is -2.39. The van der Waals surface area contributed by atoms with E-state index in [9.17, 15) is 4.79 Å². The van der Waals surface area contributed by atoms with Crippen molar-refractivity contribution in [2.45, 2.75) is 25.9 Å². The van der Waals surface area contributed by atoms with Crippen molar-refractivity contribution in [1.29, 1.82) is 0 Å². The van der Waals surface area contributed by atoms with Gasteiger partial charge in [0, 0.05) is 6.54 Å². The Morgan fingerprint density at radius 3 is 2.69 bits per heavy atom. The number of benzene rings is 1. The van der Waals surface area contributed by atoms with Gasteiger partial charge in [-0.15, -0.1) is 6.58 Å². The van der Waals surface area contributed by atoms with E-state index >= 15 is 0 Å². The molecule has 0 saturated heterocycles. The first-order chi connectivity index (χ1) is 7.63. The first-order valence-corrected chi connectivity index (χ1v) is 5.33. The fourth-order valence-electron chi connectivity index (χ4n) is 1.31. The summed E-state index contributed by atoms with van der Waals surface area (Å²) >= 11 is 0. The van der Waals surface area contributed by atoms with E-state index in [1.54, 1.807) is 6.08 Å². The number of amides is 1. The molecular weight excluding hydrogens is 200 g/mol. The zero-order valence-corrected chi connectivity index (χ0v) is 9.57. The molecule has 1 aromatic rings. The number of hydrogen-bond acceptors (Lipinski definition) is 2. The molecule has 0 bridgehead atoms. The molecule has 1 atom stereocenters. The van der Waals surface area contributed by atoms with Crippen LogP contribution in [-0.4, -0.2) is 11.9 Å². The summed E-state index contributed by atoms with van der Waals surface area (Å²) in [6, 6.07) is 7.53. The molecule has 3 heteroatoms. The minimum Gasteiger partial charge on any atom is -0.351 e. The smallest absolute Gasteiger partial charge is 0.237 e. The first-order valence-electron chi connectivity index (χ1n) is 5.33. The van der Waals surface area contributed by atoms with Crippen LogP contribution in [0.15, 0.2) is 36.9 Å². The standard InChI is InChI=1S/C13H18N2O/c1-3-4-12(14)13(16)15-9-11-7-5-10(2)6-8-11/h3,5-8,12H,1,4,9,14H2,2H3,(H,15,16). The van der Waals surface area contributed by atoms with Crippen LogP contribution in [0.2, 0.25) is 0 Å². The monoisotopic (exact) mass is 218 g/mol. The van der Waals surface area contributed by atoms with E-state index in [2.05, 4.69) is 11.9 Å². The quantitative estimate of drug-likeness (QED) is 0.736. The lowest BCUT2D eigenvalue weighted by Gasteiger charge is -2.10. The maximum atomic E-state index is 11.5. The zero-order valence-electron chi connectivity index (χ0n) is 9.57. The molecule has 1 rings (SSSR count). The molecule has 0 fully saturated rings. The number of aryl methyl sites for hydroxylation is 1. The Kier molecular flexibility index (Phi) is 4.73. The van der Waals surface area contributed by atoms with Gasteiger partial charge < -0.3 is 11.1 Å². The third kappa shape index (κ3) is 3.87. The predicted molar refractivity (Wildman–Crippen MR) is 65.8 cm³/mol.